The molecule has 2 fully saturated rings. The third-order valence-corrected chi connectivity index (χ3v) is 4.62. The monoisotopic (exact) mass is 266 g/mol. The van der Waals surface area contributed by atoms with Crippen molar-refractivity contribution in [2.75, 3.05) is 26.2 Å². The number of nitrogens with one attached hydrogen (secondary N) is 1. The van der Waals surface area contributed by atoms with Gasteiger partial charge in [-0.05, 0) is 57.7 Å². The van der Waals surface area contributed by atoms with Crippen molar-refractivity contribution < 1.29 is 4.79 Å². The number of likely N-dealkylation sites (tertiary alicyclic amines) is 1. The van der Waals surface area contributed by atoms with Gasteiger partial charge in [-0.3, -0.25) is 4.79 Å². The van der Waals surface area contributed by atoms with Crippen molar-refractivity contribution in [3.05, 3.63) is 0 Å². The van der Waals surface area contributed by atoms with Gasteiger partial charge in [0.25, 0.3) is 0 Å². The average Bonchev–Trinajstić information content (AvgIpc) is 2.76. The van der Waals surface area contributed by atoms with E-state index < -0.39 is 0 Å². The zero-order chi connectivity index (χ0) is 13.3. The van der Waals surface area contributed by atoms with Crippen molar-refractivity contribution in [1.29, 1.82) is 0 Å². The molecule has 110 valence electrons. The van der Waals surface area contributed by atoms with E-state index in [9.17, 15) is 4.79 Å². The molecular formula is C16H30N2O. The molecule has 0 aromatic heterocycles. The summed E-state index contributed by atoms with van der Waals surface area (Å²) in [6.45, 7) is 4.54. The maximum atomic E-state index is 11.8. The lowest BCUT2D eigenvalue weighted by molar-refractivity contribution is -0.122. The van der Waals surface area contributed by atoms with Crippen LogP contribution in [0.3, 0.4) is 0 Å². The molecule has 2 aliphatic rings. The van der Waals surface area contributed by atoms with Gasteiger partial charge in [-0.1, -0.05) is 25.7 Å². The first-order valence-electron chi connectivity index (χ1n) is 8.33. The quantitative estimate of drug-likeness (QED) is 0.750. The molecule has 1 aliphatic carbocycles. The Labute approximate surface area is 118 Å². The fourth-order valence-corrected chi connectivity index (χ4v) is 3.44. The molecule has 3 heteroatoms. The minimum Gasteiger partial charge on any atom is -0.356 e. The van der Waals surface area contributed by atoms with E-state index in [2.05, 4.69) is 10.2 Å². The average molecular weight is 266 g/mol. The van der Waals surface area contributed by atoms with Crippen molar-refractivity contribution in [2.45, 2.75) is 64.2 Å². The van der Waals surface area contributed by atoms with Gasteiger partial charge < -0.3 is 10.2 Å². The fraction of sp³-hybridized carbons (Fsp3) is 0.938. The number of amides is 1. The lowest BCUT2D eigenvalue weighted by Gasteiger charge is -2.19. The van der Waals surface area contributed by atoms with Gasteiger partial charge in [0.2, 0.25) is 5.91 Å². The van der Waals surface area contributed by atoms with E-state index in [1.807, 2.05) is 0 Å². The molecule has 1 N–H and O–H groups in total. The summed E-state index contributed by atoms with van der Waals surface area (Å²) >= 11 is 0. The van der Waals surface area contributed by atoms with E-state index in [0.29, 0.717) is 5.92 Å². The molecule has 0 spiro atoms. The lowest BCUT2D eigenvalue weighted by Crippen LogP contribution is -2.31. The molecule has 1 heterocycles. The van der Waals surface area contributed by atoms with Gasteiger partial charge >= 0.3 is 0 Å². The first kappa shape index (κ1) is 14.8. The van der Waals surface area contributed by atoms with Crippen LogP contribution in [0.25, 0.3) is 0 Å². The largest absolute Gasteiger partial charge is 0.356 e. The van der Waals surface area contributed by atoms with E-state index in [0.717, 1.165) is 25.9 Å². The van der Waals surface area contributed by atoms with Gasteiger partial charge in [0.05, 0.1) is 0 Å². The third kappa shape index (κ3) is 5.94. The van der Waals surface area contributed by atoms with Crippen LogP contribution in [0.5, 0.6) is 0 Å². The Morgan fingerprint density at radius 1 is 1.00 bits per heavy atom. The second kappa shape index (κ2) is 8.57. The molecule has 0 unspecified atom stereocenters. The molecule has 19 heavy (non-hydrogen) atoms. The number of hydrogen-bond acceptors (Lipinski definition) is 2. The van der Waals surface area contributed by atoms with Crippen LogP contribution in [0.4, 0.5) is 0 Å². The number of hydrogen-bond donors (Lipinski definition) is 1. The Kier molecular flexibility index (Phi) is 6.69. The van der Waals surface area contributed by atoms with Crippen molar-refractivity contribution in [2.24, 2.45) is 5.92 Å². The van der Waals surface area contributed by atoms with Crippen molar-refractivity contribution in [3.63, 3.8) is 0 Å². The highest BCUT2D eigenvalue weighted by Gasteiger charge is 2.18. The Bertz CT molecular complexity index is 253. The third-order valence-electron chi connectivity index (χ3n) is 4.62. The van der Waals surface area contributed by atoms with Gasteiger partial charge in [-0.2, -0.15) is 0 Å². The van der Waals surface area contributed by atoms with Gasteiger partial charge in [0, 0.05) is 13.0 Å². The number of rotatable bonds is 6. The summed E-state index contributed by atoms with van der Waals surface area (Å²) in [7, 11) is 0. The molecule has 1 saturated heterocycles. The molecule has 0 aromatic rings. The van der Waals surface area contributed by atoms with E-state index in [1.54, 1.807) is 0 Å². The molecule has 0 atom stereocenters. The molecule has 0 bridgehead atoms. The van der Waals surface area contributed by atoms with Crippen LogP contribution in [0, 0.1) is 5.92 Å². The standard InChI is InChI=1S/C16H30N2O/c19-16(14-15-8-3-4-9-15)17-10-7-13-18-11-5-1-2-6-12-18/h15H,1-14H2,(H,17,19). The summed E-state index contributed by atoms with van der Waals surface area (Å²) in [6, 6.07) is 0. The summed E-state index contributed by atoms with van der Waals surface area (Å²) in [5.74, 6) is 0.952. The predicted octanol–water partition coefficient (Wildman–Crippen LogP) is 2.95. The van der Waals surface area contributed by atoms with Gasteiger partial charge in [-0.15, -0.1) is 0 Å². The summed E-state index contributed by atoms with van der Waals surface area (Å²) < 4.78 is 0. The zero-order valence-electron chi connectivity index (χ0n) is 12.3. The zero-order valence-corrected chi connectivity index (χ0v) is 12.3. The second-order valence-corrected chi connectivity index (χ2v) is 6.31. The van der Waals surface area contributed by atoms with E-state index in [4.69, 9.17) is 0 Å². The highest BCUT2D eigenvalue weighted by Crippen LogP contribution is 2.27. The van der Waals surface area contributed by atoms with Crippen LogP contribution >= 0.6 is 0 Å². The van der Waals surface area contributed by atoms with Crippen molar-refractivity contribution >= 4 is 5.91 Å². The first-order valence-corrected chi connectivity index (χ1v) is 8.33. The minimum absolute atomic E-state index is 0.280. The maximum absolute atomic E-state index is 11.8. The minimum atomic E-state index is 0.280. The van der Waals surface area contributed by atoms with E-state index in [-0.39, 0.29) is 5.91 Å². The Morgan fingerprint density at radius 2 is 1.68 bits per heavy atom. The summed E-state index contributed by atoms with van der Waals surface area (Å²) in [5, 5.41) is 3.10. The van der Waals surface area contributed by atoms with E-state index in [1.165, 1.54) is 64.5 Å². The van der Waals surface area contributed by atoms with Gasteiger partial charge in [0.1, 0.15) is 0 Å². The molecule has 1 amide bonds. The topological polar surface area (TPSA) is 32.3 Å². The number of nitrogens with zero attached hydrogens (tertiary/aromatic N) is 1. The maximum Gasteiger partial charge on any atom is 0.220 e. The van der Waals surface area contributed by atoms with Crippen molar-refractivity contribution in [3.8, 4) is 0 Å². The Balaban J connectivity index is 1.49. The second-order valence-electron chi connectivity index (χ2n) is 6.31. The van der Waals surface area contributed by atoms with Gasteiger partial charge in [-0.25, -0.2) is 0 Å². The summed E-state index contributed by atoms with van der Waals surface area (Å²) in [4.78, 5) is 14.3. The Hall–Kier alpha value is -0.570. The smallest absolute Gasteiger partial charge is 0.220 e. The molecule has 0 aromatic carbocycles. The molecule has 1 aliphatic heterocycles. The molecule has 0 radical (unpaired) electrons. The van der Waals surface area contributed by atoms with Crippen LogP contribution in [-0.4, -0.2) is 37.0 Å². The van der Waals surface area contributed by atoms with Crippen LogP contribution < -0.4 is 5.32 Å². The molecular weight excluding hydrogens is 236 g/mol. The fourth-order valence-electron chi connectivity index (χ4n) is 3.44. The van der Waals surface area contributed by atoms with Crippen LogP contribution in [0.1, 0.15) is 64.2 Å². The van der Waals surface area contributed by atoms with Gasteiger partial charge in [0.15, 0.2) is 0 Å². The van der Waals surface area contributed by atoms with Crippen LogP contribution in [-0.2, 0) is 4.79 Å². The van der Waals surface area contributed by atoms with E-state index >= 15 is 0 Å². The first-order chi connectivity index (χ1) is 9.34. The summed E-state index contributed by atoms with van der Waals surface area (Å²) in [6.07, 6.45) is 12.6. The van der Waals surface area contributed by atoms with Crippen LogP contribution in [0.2, 0.25) is 0 Å². The highest BCUT2D eigenvalue weighted by molar-refractivity contribution is 5.76. The SMILES string of the molecule is O=C(CC1CCCC1)NCCCN1CCCCCC1. The summed E-state index contributed by atoms with van der Waals surface area (Å²) in [5.41, 5.74) is 0. The van der Waals surface area contributed by atoms with Crippen LogP contribution in [0.15, 0.2) is 0 Å². The highest BCUT2D eigenvalue weighted by atomic mass is 16.1. The predicted molar refractivity (Wildman–Crippen MR) is 79.1 cm³/mol. The molecule has 3 nitrogen and oxygen atoms in total. The lowest BCUT2D eigenvalue weighted by atomic mass is 10.0. The molecule has 1 saturated carbocycles. The Morgan fingerprint density at radius 3 is 2.37 bits per heavy atom. The number of carbonyl (C=O) groups excluding carboxylic acids is 1. The normalized spacial score (nSPS) is 22.3. The molecule has 2 rings (SSSR count). The van der Waals surface area contributed by atoms with Crippen molar-refractivity contribution in [1.82, 2.24) is 10.2 Å². The number of carbonyl (C=O) groups is 1.